The second kappa shape index (κ2) is 3.72. The highest BCUT2D eigenvalue weighted by Crippen LogP contribution is 2.30. The summed E-state index contributed by atoms with van der Waals surface area (Å²) in [4.78, 5) is 3.80. The molecule has 70 valence electrons. The Morgan fingerprint density at radius 2 is 2.08 bits per heavy atom. The summed E-state index contributed by atoms with van der Waals surface area (Å²) in [6.07, 6.45) is 1.20. The Balaban J connectivity index is 2.20. The molecular formula is C11H15NS. The van der Waals surface area contributed by atoms with Crippen LogP contribution in [0.4, 0.5) is 0 Å². The van der Waals surface area contributed by atoms with Crippen LogP contribution in [0.3, 0.4) is 0 Å². The first kappa shape index (κ1) is 9.10. The van der Waals surface area contributed by atoms with E-state index in [2.05, 4.69) is 43.3 Å². The van der Waals surface area contributed by atoms with Gasteiger partial charge in [-0.15, -0.1) is 11.8 Å². The summed E-state index contributed by atoms with van der Waals surface area (Å²) < 4.78 is 0. The standard InChI is InChI=1S/C11H15NS/c1-12(2)10-7-9-5-3-4-6-11(9)13-8-10/h3-6,10H,7-8H2,1-2H3. The molecule has 1 atom stereocenters. The van der Waals surface area contributed by atoms with Crippen molar-refractivity contribution in [2.75, 3.05) is 19.8 Å². The van der Waals surface area contributed by atoms with Crippen LogP contribution in [0.1, 0.15) is 5.56 Å². The van der Waals surface area contributed by atoms with Crippen LogP contribution >= 0.6 is 11.8 Å². The van der Waals surface area contributed by atoms with E-state index < -0.39 is 0 Å². The maximum Gasteiger partial charge on any atom is 0.0224 e. The Labute approximate surface area is 84.1 Å². The van der Waals surface area contributed by atoms with Gasteiger partial charge in [0.1, 0.15) is 0 Å². The zero-order valence-corrected chi connectivity index (χ0v) is 8.97. The zero-order chi connectivity index (χ0) is 9.26. The highest BCUT2D eigenvalue weighted by molar-refractivity contribution is 7.99. The first-order chi connectivity index (χ1) is 6.27. The molecule has 2 rings (SSSR count). The SMILES string of the molecule is CN(C)C1CSc2ccccc2C1. The van der Waals surface area contributed by atoms with Crippen molar-refractivity contribution < 1.29 is 0 Å². The van der Waals surface area contributed by atoms with E-state index in [1.165, 1.54) is 22.6 Å². The largest absolute Gasteiger partial charge is 0.305 e. The topological polar surface area (TPSA) is 3.24 Å². The molecule has 0 aromatic heterocycles. The molecule has 1 aliphatic rings. The van der Waals surface area contributed by atoms with E-state index in [0.717, 1.165) is 0 Å². The third kappa shape index (κ3) is 1.89. The molecule has 1 aromatic rings. The van der Waals surface area contributed by atoms with E-state index in [1.807, 2.05) is 11.8 Å². The quantitative estimate of drug-likeness (QED) is 0.673. The van der Waals surface area contributed by atoms with Crippen LogP contribution in [0.15, 0.2) is 29.2 Å². The second-order valence-corrected chi connectivity index (χ2v) is 4.80. The molecule has 0 fully saturated rings. The minimum Gasteiger partial charge on any atom is -0.305 e. The minimum atomic E-state index is 0.708. The van der Waals surface area contributed by atoms with Gasteiger partial charge in [0.05, 0.1) is 0 Å². The van der Waals surface area contributed by atoms with Gasteiger partial charge in [0.25, 0.3) is 0 Å². The molecule has 0 N–H and O–H groups in total. The monoisotopic (exact) mass is 193 g/mol. The fourth-order valence-electron chi connectivity index (χ4n) is 1.64. The number of benzene rings is 1. The smallest absolute Gasteiger partial charge is 0.0224 e. The predicted octanol–water partition coefficient (Wildman–Crippen LogP) is 2.27. The molecule has 1 aliphatic heterocycles. The molecule has 0 spiro atoms. The lowest BCUT2D eigenvalue weighted by atomic mass is 10.1. The molecular weight excluding hydrogens is 178 g/mol. The van der Waals surface area contributed by atoms with Gasteiger partial charge in [-0.05, 0) is 32.1 Å². The first-order valence-electron chi connectivity index (χ1n) is 4.64. The predicted molar refractivity (Wildman–Crippen MR) is 58.3 cm³/mol. The number of nitrogens with zero attached hydrogens (tertiary/aromatic N) is 1. The molecule has 1 aromatic carbocycles. The maximum atomic E-state index is 2.32. The van der Waals surface area contributed by atoms with E-state index in [-0.39, 0.29) is 0 Å². The van der Waals surface area contributed by atoms with Crippen molar-refractivity contribution >= 4 is 11.8 Å². The van der Waals surface area contributed by atoms with Crippen molar-refractivity contribution in [1.29, 1.82) is 0 Å². The summed E-state index contributed by atoms with van der Waals surface area (Å²) >= 11 is 1.98. The molecule has 2 heteroatoms. The second-order valence-electron chi connectivity index (χ2n) is 3.74. The Morgan fingerprint density at radius 3 is 2.85 bits per heavy atom. The Morgan fingerprint density at radius 1 is 1.31 bits per heavy atom. The van der Waals surface area contributed by atoms with Crippen molar-refractivity contribution in [3.05, 3.63) is 29.8 Å². The van der Waals surface area contributed by atoms with Crippen molar-refractivity contribution in [2.24, 2.45) is 0 Å². The normalized spacial score (nSPS) is 21.6. The summed E-state index contributed by atoms with van der Waals surface area (Å²) in [5.41, 5.74) is 1.51. The van der Waals surface area contributed by atoms with Gasteiger partial charge in [-0.2, -0.15) is 0 Å². The molecule has 1 unspecified atom stereocenters. The number of hydrogen-bond acceptors (Lipinski definition) is 2. The maximum absolute atomic E-state index is 2.32. The Hall–Kier alpha value is -0.470. The van der Waals surface area contributed by atoms with Crippen molar-refractivity contribution in [2.45, 2.75) is 17.4 Å². The molecule has 0 bridgehead atoms. The molecule has 0 aliphatic carbocycles. The molecule has 0 radical (unpaired) electrons. The molecule has 1 heterocycles. The van der Waals surface area contributed by atoms with Crippen LogP contribution in [0.25, 0.3) is 0 Å². The average molecular weight is 193 g/mol. The lowest BCUT2D eigenvalue weighted by molar-refractivity contribution is 0.313. The summed E-state index contributed by atoms with van der Waals surface area (Å²) in [7, 11) is 4.33. The van der Waals surface area contributed by atoms with E-state index >= 15 is 0 Å². The molecule has 0 saturated carbocycles. The van der Waals surface area contributed by atoms with Gasteiger partial charge in [0.15, 0.2) is 0 Å². The van der Waals surface area contributed by atoms with Crippen molar-refractivity contribution in [1.82, 2.24) is 4.90 Å². The summed E-state index contributed by atoms with van der Waals surface area (Å²) in [6, 6.07) is 9.45. The number of rotatable bonds is 1. The molecule has 13 heavy (non-hydrogen) atoms. The van der Waals surface area contributed by atoms with E-state index in [0.29, 0.717) is 6.04 Å². The van der Waals surface area contributed by atoms with Gasteiger partial charge in [-0.25, -0.2) is 0 Å². The first-order valence-corrected chi connectivity index (χ1v) is 5.63. The third-order valence-corrected chi connectivity index (χ3v) is 3.85. The van der Waals surface area contributed by atoms with Crippen molar-refractivity contribution in [3.63, 3.8) is 0 Å². The van der Waals surface area contributed by atoms with Gasteiger partial charge < -0.3 is 4.90 Å². The van der Waals surface area contributed by atoms with Gasteiger partial charge in [0, 0.05) is 16.7 Å². The average Bonchev–Trinajstić information content (AvgIpc) is 2.17. The van der Waals surface area contributed by atoms with Crippen LogP contribution < -0.4 is 0 Å². The van der Waals surface area contributed by atoms with Crippen molar-refractivity contribution in [3.8, 4) is 0 Å². The minimum absolute atomic E-state index is 0.708. The van der Waals surface area contributed by atoms with E-state index in [9.17, 15) is 0 Å². The Bertz CT molecular complexity index is 296. The highest BCUT2D eigenvalue weighted by Gasteiger charge is 2.19. The van der Waals surface area contributed by atoms with Gasteiger partial charge in [0.2, 0.25) is 0 Å². The van der Waals surface area contributed by atoms with Gasteiger partial charge >= 0.3 is 0 Å². The summed E-state index contributed by atoms with van der Waals surface area (Å²) in [5.74, 6) is 1.23. The highest BCUT2D eigenvalue weighted by atomic mass is 32.2. The fraction of sp³-hybridized carbons (Fsp3) is 0.455. The summed E-state index contributed by atoms with van der Waals surface area (Å²) in [6.45, 7) is 0. The fourth-order valence-corrected chi connectivity index (χ4v) is 2.94. The van der Waals surface area contributed by atoms with E-state index in [4.69, 9.17) is 0 Å². The molecule has 0 amide bonds. The number of hydrogen-bond donors (Lipinski definition) is 0. The summed E-state index contributed by atoms with van der Waals surface area (Å²) in [5, 5.41) is 0. The third-order valence-electron chi connectivity index (χ3n) is 2.59. The van der Waals surface area contributed by atoms with Crippen LogP contribution in [0.5, 0.6) is 0 Å². The molecule has 0 saturated heterocycles. The van der Waals surface area contributed by atoms with E-state index in [1.54, 1.807) is 0 Å². The number of likely N-dealkylation sites (N-methyl/N-ethyl adjacent to an activating group) is 1. The number of thioether (sulfide) groups is 1. The lowest BCUT2D eigenvalue weighted by Crippen LogP contribution is -2.34. The van der Waals surface area contributed by atoms with Gasteiger partial charge in [-0.3, -0.25) is 0 Å². The van der Waals surface area contributed by atoms with Crippen LogP contribution in [-0.2, 0) is 6.42 Å². The van der Waals surface area contributed by atoms with Gasteiger partial charge in [-0.1, -0.05) is 18.2 Å². The zero-order valence-electron chi connectivity index (χ0n) is 8.16. The van der Waals surface area contributed by atoms with Crippen LogP contribution in [0, 0.1) is 0 Å². The lowest BCUT2D eigenvalue weighted by Gasteiger charge is -2.29. The van der Waals surface area contributed by atoms with Crippen LogP contribution in [-0.4, -0.2) is 30.8 Å². The number of fused-ring (bicyclic) bond motifs is 1. The van der Waals surface area contributed by atoms with Crippen LogP contribution in [0.2, 0.25) is 0 Å². The Kier molecular flexibility index (Phi) is 2.61. The molecule has 1 nitrogen and oxygen atoms in total.